The van der Waals surface area contributed by atoms with Crippen LogP contribution in [-0.4, -0.2) is 29.7 Å². The Morgan fingerprint density at radius 2 is 2.15 bits per heavy atom. The molecule has 2 aromatic rings. The molecule has 106 valence electrons. The molecule has 7 nitrogen and oxygen atoms in total. The second kappa shape index (κ2) is 5.21. The van der Waals surface area contributed by atoms with E-state index >= 15 is 0 Å². The van der Waals surface area contributed by atoms with Gasteiger partial charge in [-0.25, -0.2) is 9.18 Å². The number of carboxylic acids is 1. The summed E-state index contributed by atoms with van der Waals surface area (Å²) < 4.78 is 39.4. The van der Waals surface area contributed by atoms with E-state index in [1.165, 1.54) is 6.07 Å². The van der Waals surface area contributed by atoms with E-state index in [1.807, 2.05) is 0 Å². The highest BCUT2D eigenvalue weighted by molar-refractivity contribution is 9.10. The molecule has 0 radical (unpaired) electrons. The summed E-state index contributed by atoms with van der Waals surface area (Å²) in [5.74, 6) is -1.98. The van der Waals surface area contributed by atoms with Crippen LogP contribution in [0.5, 0.6) is 0 Å². The molecule has 0 aliphatic heterocycles. The number of anilines is 1. The standard InChI is InChI=1S/C10H7BrFN3O4S/c11-7-3-5(12)1-2-8(7)15-20(18,19)9-6(10(16)17)4-13-14-9/h1-4,15H,(H,13,14)(H,16,17). The van der Waals surface area contributed by atoms with E-state index < -0.39 is 32.4 Å². The number of hydrogen-bond acceptors (Lipinski definition) is 4. The monoisotopic (exact) mass is 363 g/mol. The first-order valence-corrected chi connectivity index (χ1v) is 7.33. The molecule has 20 heavy (non-hydrogen) atoms. The van der Waals surface area contributed by atoms with Crippen molar-refractivity contribution in [2.75, 3.05) is 4.72 Å². The predicted octanol–water partition coefficient (Wildman–Crippen LogP) is 1.81. The van der Waals surface area contributed by atoms with Crippen LogP contribution in [0.4, 0.5) is 10.1 Å². The quantitative estimate of drug-likeness (QED) is 0.766. The minimum Gasteiger partial charge on any atom is -0.478 e. The molecular weight excluding hydrogens is 357 g/mol. The highest BCUT2D eigenvalue weighted by Crippen LogP contribution is 2.26. The summed E-state index contributed by atoms with van der Waals surface area (Å²) in [5, 5.41) is 13.8. The number of carboxylic acid groups (broad SMARTS) is 1. The molecule has 0 saturated heterocycles. The maximum Gasteiger partial charge on any atom is 0.340 e. The minimum atomic E-state index is -4.18. The van der Waals surface area contributed by atoms with Crippen LogP contribution >= 0.6 is 15.9 Å². The minimum absolute atomic E-state index is 0.0670. The number of benzene rings is 1. The van der Waals surface area contributed by atoms with Gasteiger partial charge in [0.25, 0.3) is 10.0 Å². The number of sulfonamides is 1. The fraction of sp³-hybridized carbons (Fsp3) is 0. The third kappa shape index (κ3) is 2.80. The molecule has 0 fully saturated rings. The van der Waals surface area contributed by atoms with Gasteiger partial charge in [0.1, 0.15) is 11.4 Å². The molecule has 0 bridgehead atoms. The second-order valence-electron chi connectivity index (χ2n) is 3.65. The Hall–Kier alpha value is -1.94. The first kappa shape index (κ1) is 14.5. The van der Waals surface area contributed by atoms with Crippen LogP contribution in [0.1, 0.15) is 10.4 Å². The summed E-state index contributed by atoms with van der Waals surface area (Å²) >= 11 is 3.00. The molecule has 1 aromatic carbocycles. The average molecular weight is 364 g/mol. The lowest BCUT2D eigenvalue weighted by Crippen LogP contribution is -2.17. The third-order valence-corrected chi connectivity index (χ3v) is 4.27. The lowest BCUT2D eigenvalue weighted by Gasteiger charge is -2.08. The maximum atomic E-state index is 12.9. The molecule has 0 spiro atoms. The summed E-state index contributed by atoms with van der Waals surface area (Å²) in [6.07, 6.45) is 0.886. The van der Waals surface area contributed by atoms with E-state index in [0.717, 1.165) is 18.3 Å². The number of carbonyl (C=O) groups is 1. The van der Waals surface area contributed by atoms with Crippen molar-refractivity contribution in [3.63, 3.8) is 0 Å². The first-order chi connectivity index (χ1) is 9.31. The van der Waals surface area contributed by atoms with Gasteiger partial charge in [-0.15, -0.1) is 0 Å². The summed E-state index contributed by atoms with van der Waals surface area (Å²) in [5.41, 5.74) is -0.423. The lowest BCUT2D eigenvalue weighted by atomic mass is 10.3. The zero-order valence-electron chi connectivity index (χ0n) is 9.59. The zero-order valence-corrected chi connectivity index (χ0v) is 12.0. The summed E-state index contributed by atoms with van der Waals surface area (Å²) in [7, 11) is -4.18. The topological polar surface area (TPSA) is 112 Å². The Morgan fingerprint density at radius 3 is 2.75 bits per heavy atom. The highest BCUT2D eigenvalue weighted by Gasteiger charge is 2.25. The van der Waals surface area contributed by atoms with Crippen molar-refractivity contribution in [2.45, 2.75) is 5.03 Å². The van der Waals surface area contributed by atoms with Gasteiger partial charge in [0.15, 0.2) is 5.03 Å². The van der Waals surface area contributed by atoms with Gasteiger partial charge in [-0.05, 0) is 34.1 Å². The number of aromatic carboxylic acids is 1. The highest BCUT2D eigenvalue weighted by atomic mass is 79.9. The summed E-state index contributed by atoms with van der Waals surface area (Å²) in [6.45, 7) is 0. The van der Waals surface area contributed by atoms with Crippen LogP contribution < -0.4 is 4.72 Å². The fourth-order valence-electron chi connectivity index (χ4n) is 1.40. The van der Waals surface area contributed by atoms with Crippen LogP contribution in [0.3, 0.4) is 0 Å². The number of nitrogens with one attached hydrogen (secondary N) is 2. The summed E-state index contributed by atoms with van der Waals surface area (Å²) in [6, 6.07) is 3.34. The van der Waals surface area contributed by atoms with Crippen molar-refractivity contribution in [2.24, 2.45) is 0 Å². The van der Waals surface area contributed by atoms with Crippen LogP contribution in [-0.2, 0) is 10.0 Å². The largest absolute Gasteiger partial charge is 0.478 e. The SMILES string of the molecule is O=C(O)c1cn[nH]c1S(=O)(=O)Nc1ccc(F)cc1Br. The maximum absolute atomic E-state index is 12.9. The van der Waals surface area contributed by atoms with E-state index in [1.54, 1.807) is 0 Å². The summed E-state index contributed by atoms with van der Waals surface area (Å²) in [4.78, 5) is 10.9. The first-order valence-electron chi connectivity index (χ1n) is 5.06. The molecule has 0 saturated carbocycles. The van der Waals surface area contributed by atoms with Crippen LogP contribution in [0.25, 0.3) is 0 Å². The normalized spacial score (nSPS) is 11.3. The van der Waals surface area contributed by atoms with Gasteiger partial charge in [-0.3, -0.25) is 9.82 Å². The van der Waals surface area contributed by atoms with Gasteiger partial charge < -0.3 is 5.11 Å². The van der Waals surface area contributed by atoms with Gasteiger partial charge in [0, 0.05) is 4.47 Å². The Bertz CT molecular complexity index is 775. The number of halogens is 2. The second-order valence-corrected chi connectivity index (χ2v) is 6.12. The Kier molecular flexibility index (Phi) is 3.77. The molecule has 3 N–H and O–H groups in total. The average Bonchev–Trinajstić information content (AvgIpc) is 2.82. The third-order valence-electron chi connectivity index (χ3n) is 2.28. The number of rotatable bonds is 4. The van der Waals surface area contributed by atoms with Crippen molar-refractivity contribution in [1.29, 1.82) is 0 Å². The molecule has 2 rings (SSSR count). The molecule has 0 aliphatic rings. The number of hydrogen-bond donors (Lipinski definition) is 3. The van der Waals surface area contributed by atoms with Gasteiger partial charge in [0.2, 0.25) is 0 Å². The Balaban J connectivity index is 2.41. The van der Waals surface area contributed by atoms with Crippen molar-refractivity contribution in [3.8, 4) is 0 Å². The molecule has 0 aliphatic carbocycles. The Morgan fingerprint density at radius 1 is 1.45 bits per heavy atom. The van der Waals surface area contributed by atoms with E-state index in [-0.39, 0.29) is 10.2 Å². The number of aromatic amines is 1. The van der Waals surface area contributed by atoms with Crippen molar-refractivity contribution < 1.29 is 22.7 Å². The predicted molar refractivity (Wildman–Crippen MR) is 70.5 cm³/mol. The van der Waals surface area contributed by atoms with Gasteiger partial charge in [0.05, 0.1) is 11.9 Å². The number of H-pyrrole nitrogens is 1. The van der Waals surface area contributed by atoms with Crippen molar-refractivity contribution >= 4 is 37.6 Å². The molecular formula is C10H7BrFN3O4S. The van der Waals surface area contributed by atoms with Gasteiger partial charge >= 0.3 is 5.97 Å². The van der Waals surface area contributed by atoms with Crippen LogP contribution in [0, 0.1) is 5.82 Å². The lowest BCUT2D eigenvalue weighted by molar-refractivity contribution is 0.0692. The number of aromatic nitrogens is 2. The van der Waals surface area contributed by atoms with E-state index in [9.17, 15) is 17.6 Å². The Labute approximate surface area is 121 Å². The van der Waals surface area contributed by atoms with Crippen LogP contribution in [0.15, 0.2) is 33.9 Å². The van der Waals surface area contributed by atoms with E-state index in [4.69, 9.17) is 5.11 Å². The molecule has 10 heteroatoms. The fourth-order valence-corrected chi connectivity index (χ4v) is 3.15. The van der Waals surface area contributed by atoms with Crippen molar-refractivity contribution in [3.05, 3.63) is 40.2 Å². The van der Waals surface area contributed by atoms with Crippen molar-refractivity contribution in [1.82, 2.24) is 10.2 Å². The molecule has 0 amide bonds. The van der Waals surface area contributed by atoms with E-state index in [0.29, 0.717) is 0 Å². The van der Waals surface area contributed by atoms with Crippen LogP contribution in [0.2, 0.25) is 0 Å². The van der Waals surface area contributed by atoms with Gasteiger partial charge in [-0.2, -0.15) is 13.5 Å². The number of nitrogens with zero attached hydrogens (tertiary/aromatic N) is 1. The molecule has 0 atom stereocenters. The zero-order chi connectivity index (χ0) is 14.9. The van der Waals surface area contributed by atoms with E-state index in [2.05, 4.69) is 30.8 Å². The smallest absolute Gasteiger partial charge is 0.340 e. The molecule has 1 aromatic heterocycles. The van der Waals surface area contributed by atoms with Gasteiger partial charge in [-0.1, -0.05) is 0 Å². The molecule has 0 unspecified atom stereocenters. The molecule has 1 heterocycles.